The van der Waals surface area contributed by atoms with E-state index in [2.05, 4.69) is 10.1 Å². The highest BCUT2D eigenvalue weighted by molar-refractivity contribution is 5.96. The van der Waals surface area contributed by atoms with Gasteiger partial charge in [0.2, 0.25) is 17.6 Å². The van der Waals surface area contributed by atoms with Gasteiger partial charge in [0, 0.05) is 30.3 Å². The van der Waals surface area contributed by atoms with Gasteiger partial charge < -0.3 is 18.9 Å². The molecule has 0 saturated carbocycles. The summed E-state index contributed by atoms with van der Waals surface area (Å²) < 4.78 is 54.2. The van der Waals surface area contributed by atoms with Crippen LogP contribution in [0.3, 0.4) is 0 Å². The number of halogens is 3. The summed E-state index contributed by atoms with van der Waals surface area (Å²) in [4.78, 5) is 18.3. The van der Waals surface area contributed by atoms with E-state index in [1.165, 1.54) is 31.3 Å². The number of rotatable bonds is 5. The number of amides is 1. The number of hydrogen-bond donors (Lipinski definition) is 0. The minimum atomic E-state index is -4.43. The van der Waals surface area contributed by atoms with Crippen LogP contribution < -0.4 is 14.4 Å². The van der Waals surface area contributed by atoms with Gasteiger partial charge in [0.25, 0.3) is 0 Å². The second kappa shape index (κ2) is 7.93. The van der Waals surface area contributed by atoms with Crippen molar-refractivity contribution < 1.29 is 32.0 Å². The maximum absolute atomic E-state index is 12.8. The monoisotopic (exact) mass is 433 g/mol. The van der Waals surface area contributed by atoms with Crippen LogP contribution in [0.25, 0.3) is 11.4 Å². The zero-order chi connectivity index (χ0) is 22.2. The second-order valence-corrected chi connectivity index (χ2v) is 7.01. The molecule has 3 aromatic rings. The van der Waals surface area contributed by atoms with Crippen molar-refractivity contribution in [2.45, 2.75) is 18.5 Å². The van der Waals surface area contributed by atoms with E-state index in [0.717, 1.165) is 12.1 Å². The number of carbonyl (C=O) groups is 1. The third-order valence-corrected chi connectivity index (χ3v) is 5.03. The first-order valence-corrected chi connectivity index (χ1v) is 9.33. The van der Waals surface area contributed by atoms with Crippen molar-refractivity contribution in [3.8, 4) is 22.9 Å². The minimum Gasteiger partial charge on any atom is -0.497 e. The van der Waals surface area contributed by atoms with Crippen molar-refractivity contribution in [3.05, 3.63) is 53.9 Å². The quantitative estimate of drug-likeness (QED) is 0.597. The highest BCUT2D eigenvalue weighted by Gasteiger charge is 2.36. The Bertz CT molecular complexity index is 1070. The van der Waals surface area contributed by atoms with Crippen molar-refractivity contribution >= 4 is 11.6 Å². The summed E-state index contributed by atoms with van der Waals surface area (Å²) in [5.41, 5.74) is 0.239. The molecule has 1 fully saturated rings. The van der Waals surface area contributed by atoms with Crippen molar-refractivity contribution in [3.63, 3.8) is 0 Å². The fourth-order valence-electron chi connectivity index (χ4n) is 3.41. The molecule has 162 valence electrons. The summed E-state index contributed by atoms with van der Waals surface area (Å²) in [6.07, 6.45) is -4.32. The zero-order valence-corrected chi connectivity index (χ0v) is 16.6. The molecular formula is C21H18F3N3O4. The SMILES string of the molecule is COc1cc(OC)cc(-c2noc(C3CC(=O)N(c4ccc(C(F)(F)F)cc4)C3)n2)c1. The van der Waals surface area contributed by atoms with E-state index in [9.17, 15) is 18.0 Å². The van der Waals surface area contributed by atoms with Crippen LogP contribution in [-0.2, 0) is 11.0 Å². The van der Waals surface area contributed by atoms with Crippen LogP contribution in [0.1, 0.15) is 23.8 Å². The van der Waals surface area contributed by atoms with Crippen LogP contribution in [-0.4, -0.2) is 36.8 Å². The Labute approximate surface area is 175 Å². The van der Waals surface area contributed by atoms with Gasteiger partial charge in [-0.05, 0) is 36.4 Å². The molecule has 1 aliphatic heterocycles. The number of methoxy groups -OCH3 is 2. The lowest BCUT2D eigenvalue weighted by Crippen LogP contribution is -2.24. The van der Waals surface area contributed by atoms with E-state index in [1.54, 1.807) is 18.2 Å². The Kier molecular flexibility index (Phi) is 5.30. The predicted octanol–water partition coefficient (Wildman–Crippen LogP) is 4.29. The normalized spacial score (nSPS) is 16.6. The molecule has 31 heavy (non-hydrogen) atoms. The maximum atomic E-state index is 12.8. The van der Waals surface area contributed by atoms with E-state index in [0.29, 0.717) is 28.6 Å². The Balaban J connectivity index is 1.54. The summed E-state index contributed by atoms with van der Waals surface area (Å²) in [6.45, 7) is 0.229. The van der Waals surface area contributed by atoms with Gasteiger partial charge in [0.1, 0.15) is 11.5 Å². The fraction of sp³-hybridized carbons (Fsp3) is 0.286. The molecule has 7 nitrogen and oxygen atoms in total. The molecule has 1 atom stereocenters. The van der Waals surface area contributed by atoms with E-state index < -0.39 is 11.7 Å². The van der Waals surface area contributed by atoms with Gasteiger partial charge in [0.15, 0.2) is 0 Å². The van der Waals surface area contributed by atoms with Crippen molar-refractivity contribution in [2.24, 2.45) is 0 Å². The highest BCUT2D eigenvalue weighted by atomic mass is 19.4. The van der Waals surface area contributed by atoms with Crippen LogP contribution in [0.5, 0.6) is 11.5 Å². The molecule has 0 aliphatic carbocycles. The Morgan fingerprint density at radius 1 is 1.06 bits per heavy atom. The number of ether oxygens (including phenoxy) is 2. The standard InChI is InChI=1S/C21H18F3N3O4/c1-29-16-7-12(8-17(10-16)30-2)19-25-20(31-26-19)13-9-18(28)27(11-13)15-5-3-14(4-6-15)21(22,23)24/h3-8,10,13H,9,11H2,1-2H3. The van der Waals surface area contributed by atoms with Crippen LogP contribution in [0.15, 0.2) is 47.0 Å². The first kappa shape index (κ1) is 20.7. The molecule has 1 saturated heterocycles. The molecule has 0 spiro atoms. The molecule has 1 unspecified atom stereocenters. The summed E-state index contributed by atoms with van der Waals surface area (Å²) in [6, 6.07) is 9.64. The molecular weight excluding hydrogens is 415 g/mol. The predicted molar refractivity (Wildman–Crippen MR) is 104 cm³/mol. The first-order valence-electron chi connectivity index (χ1n) is 9.33. The van der Waals surface area contributed by atoms with Gasteiger partial charge in [0.05, 0.1) is 25.7 Å². The molecule has 10 heteroatoms. The van der Waals surface area contributed by atoms with Gasteiger partial charge in [-0.15, -0.1) is 0 Å². The van der Waals surface area contributed by atoms with E-state index in [1.807, 2.05) is 0 Å². The summed E-state index contributed by atoms with van der Waals surface area (Å²) in [5.74, 6) is 1.11. The molecule has 2 aromatic carbocycles. The van der Waals surface area contributed by atoms with E-state index in [4.69, 9.17) is 14.0 Å². The second-order valence-electron chi connectivity index (χ2n) is 7.01. The Morgan fingerprint density at radius 3 is 2.29 bits per heavy atom. The smallest absolute Gasteiger partial charge is 0.416 e. The van der Waals surface area contributed by atoms with Crippen molar-refractivity contribution in [1.29, 1.82) is 0 Å². The highest BCUT2D eigenvalue weighted by Crippen LogP contribution is 2.35. The molecule has 1 aliphatic rings. The number of carbonyl (C=O) groups excluding carboxylic acids is 1. The molecule has 0 radical (unpaired) electrons. The van der Waals surface area contributed by atoms with Gasteiger partial charge in [-0.1, -0.05) is 5.16 Å². The number of anilines is 1. The van der Waals surface area contributed by atoms with Crippen LogP contribution in [0.4, 0.5) is 18.9 Å². The average molecular weight is 433 g/mol. The number of alkyl halides is 3. The molecule has 4 rings (SSSR count). The number of benzene rings is 2. The molecule has 2 heterocycles. The number of aromatic nitrogens is 2. The average Bonchev–Trinajstić information content (AvgIpc) is 3.40. The maximum Gasteiger partial charge on any atom is 0.416 e. The van der Waals surface area contributed by atoms with Crippen LogP contribution >= 0.6 is 0 Å². The number of nitrogens with zero attached hydrogens (tertiary/aromatic N) is 3. The summed E-state index contributed by atoms with van der Waals surface area (Å²) in [7, 11) is 3.06. The lowest BCUT2D eigenvalue weighted by atomic mass is 10.1. The van der Waals surface area contributed by atoms with Crippen LogP contribution in [0.2, 0.25) is 0 Å². The molecule has 0 bridgehead atoms. The lowest BCUT2D eigenvalue weighted by Gasteiger charge is -2.17. The summed E-state index contributed by atoms with van der Waals surface area (Å²) in [5, 5.41) is 3.99. The van der Waals surface area contributed by atoms with E-state index in [-0.39, 0.29) is 30.7 Å². The van der Waals surface area contributed by atoms with Gasteiger partial charge in [-0.25, -0.2) is 0 Å². The summed E-state index contributed by atoms with van der Waals surface area (Å²) >= 11 is 0. The fourth-order valence-corrected chi connectivity index (χ4v) is 3.41. The zero-order valence-electron chi connectivity index (χ0n) is 16.6. The number of hydrogen-bond acceptors (Lipinski definition) is 6. The third kappa shape index (κ3) is 4.18. The van der Waals surface area contributed by atoms with Gasteiger partial charge in [-0.2, -0.15) is 18.2 Å². The lowest BCUT2D eigenvalue weighted by molar-refractivity contribution is -0.137. The van der Waals surface area contributed by atoms with Crippen LogP contribution in [0, 0.1) is 0 Å². The van der Waals surface area contributed by atoms with Gasteiger partial charge >= 0.3 is 6.18 Å². The topological polar surface area (TPSA) is 77.7 Å². The molecule has 0 N–H and O–H groups in total. The third-order valence-electron chi connectivity index (χ3n) is 5.03. The largest absolute Gasteiger partial charge is 0.497 e. The first-order chi connectivity index (χ1) is 14.8. The molecule has 1 amide bonds. The van der Waals surface area contributed by atoms with Gasteiger partial charge in [-0.3, -0.25) is 4.79 Å². The Hall–Kier alpha value is -3.56. The molecule has 1 aromatic heterocycles. The Morgan fingerprint density at radius 2 is 1.71 bits per heavy atom. The van der Waals surface area contributed by atoms with E-state index >= 15 is 0 Å². The van der Waals surface area contributed by atoms with Crippen molar-refractivity contribution in [2.75, 3.05) is 25.7 Å². The minimum absolute atomic E-state index is 0.115. The van der Waals surface area contributed by atoms with Crippen molar-refractivity contribution in [1.82, 2.24) is 10.1 Å².